The van der Waals surface area contributed by atoms with Gasteiger partial charge in [0.1, 0.15) is 76.5 Å². The third kappa shape index (κ3) is 32.7. The molecule has 32 heteroatoms. The Hall–Kier alpha value is -8.91. The van der Waals surface area contributed by atoms with E-state index in [1.54, 1.807) is 111 Å². The molecule has 14 amide bonds. The SMILES string of the molecule is CC/C(C)=C(\NC(=O)[C@H](C)NC(=O)/C(NC(=O)CNC(=O)C(C)(C)C(=O)[C@@H](C)CC(C)C)=C(/C)CC)C(=O)N[C@@H](C(=O)N[C@@H](C(=O)N[C@@H](C(=O)N[C@H](C(=O)N/C(C(=O)N[C@H](C)C(=O)N[C@@H](C(=O)N[C@H](C(=O)NC(C(=O)N[C@H](CN(C)C)C(C)C)=C(C)C)C(C)C)C(C)C)=C(/C)CC)C(C)(C)O)C(C)(C)O)[C@@H](C)CC)C(C)C. The molecule has 0 aliphatic heterocycles. The standard InChI is InChI=1S/C80H139N15O17/c1-32-45(17)58(85-53(96)37-81-77(110)78(24,25)64(97)49(21)36-39(5)6)71(104)82-51(23)66(99)90-60(47(19)34-3)73(106)89-57(44(15)16)70(103)91-61(48(20)35-4)74(107)93-63(80(28,29)112)76(109)94-62(79(26,27)111)75(108)92-59(46(18)33-2)72(105)83-50(22)65(98)86-55(42(11)12)68(101)88-56(43(13)14)69(102)87-54(41(9)10)67(100)84-52(40(7)8)38-95(30)31/h39-40,42-44,48-52,55-57,61-63,111-112H,32-38H2,1-31H3,(H,81,110)(H,82,104)(H,83,105)(H,84,100)(H,85,96)(H,86,98)(H,87,102)(H,88,101)(H,89,106)(H,90,99)(H,91,103)(H,92,108)(H,93,107)(H,94,109)/b58-45+,59-46-,60-47-/t48-,49-,50+,51-,52+,55+,56-,57+,61+,62+,63-/m0/s1. The summed E-state index contributed by atoms with van der Waals surface area (Å²) in [7, 11) is 3.75. The molecule has 0 bridgehead atoms. The lowest BCUT2D eigenvalue weighted by atomic mass is 9.78. The molecule has 0 fully saturated rings. The molecular formula is C80H139N15O17. The second-order valence-corrected chi connectivity index (χ2v) is 33.3. The van der Waals surface area contributed by atoms with Gasteiger partial charge in [-0.1, -0.05) is 117 Å². The molecule has 0 aliphatic carbocycles. The van der Waals surface area contributed by atoms with Gasteiger partial charge in [-0.25, -0.2) is 0 Å². The van der Waals surface area contributed by atoms with E-state index in [-0.39, 0.29) is 77.7 Å². The first-order valence-electron chi connectivity index (χ1n) is 39.0. The summed E-state index contributed by atoms with van der Waals surface area (Å²) in [5.74, 6) is -15.1. The molecular weight excluding hydrogens is 1440 g/mol. The van der Waals surface area contributed by atoms with Crippen LogP contribution in [0.15, 0.2) is 45.1 Å². The van der Waals surface area contributed by atoms with Gasteiger partial charge in [-0.3, -0.25) is 71.9 Å². The van der Waals surface area contributed by atoms with E-state index in [1.807, 2.05) is 46.7 Å². The Morgan fingerprint density at radius 1 is 0.384 bits per heavy atom. The quantitative estimate of drug-likeness (QED) is 0.0307. The summed E-state index contributed by atoms with van der Waals surface area (Å²) in [5.41, 5.74) is -5.04. The molecule has 0 aromatic rings. The Balaban J connectivity index is 6.77. The smallest absolute Gasteiger partial charge is 0.268 e. The average Bonchev–Trinajstić information content (AvgIpc) is 0.827. The zero-order valence-corrected chi connectivity index (χ0v) is 72.7. The molecule has 0 aromatic carbocycles. The van der Waals surface area contributed by atoms with Crippen molar-refractivity contribution in [3.8, 4) is 0 Å². The molecule has 0 saturated heterocycles. The van der Waals surface area contributed by atoms with Crippen molar-refractivity contribution in [2.24, 2.45) is 46.8 Å². The largest absolute Gasteiger partial charge is 0.388 e. The van der Waals surface area contributed by atoms with E-state index in [2.05, 4.69) is 74.4 Å². The minimum absolute atomic E-state index is 0.0163. The Bertz CT molecular complexity index is 3500. The van der Waals surface area contributed by atoms with Crippen LogP contribution in [0.4, 0.5) is 0 Å². The van der Waals surface area contributed by atoms with Gasteiger partial charge in [-0.05, 0) is 188 Å². The summed E-state index contributed by atoms with van der Waals surface area (Å²) in [5, 5.41) is 59.4. The predicted octanol–water partition coefficient (Wildman–Crippen LogP) is 3.37. The maximum atomic E-state index is 14.6. The second-order valence-electron chi connectivity index (χ2n) is 33.3. The Morgan fingerprint density at radius 2 is 0.741 bits per heavy atom. The molecule has 0 spiro atoms. The highest BCUT2D eigenvalue weighted by molar-refractivity contribution is 6.08. The highest BCUT2D eigenvalue weighted by Gasteiger charge is 2.45. The number of hydrogen-bond donors (Lipinski definition) is 16. The molecule has 0 heterocycles. The number of rotatable bonds is 45. The van der Waals surface area contributed by atoms with E-state index < -0.39 is 184 Å². The number of nitrogens with zero attached hydrogens (tertiary/aromatic N) is 1. The van der Waals surface area contributed by atoms with Crippen molar-refractivity contribution in [2.45, 2.75) is 298 Å². The first-order valence-corrected chi connectivity index (χ1v) is 39.0. The molecule has 636 valence electrons. The number of carbonyl (C=O) groups excluding carboxylic acids is 15. The fourth-order valence-corrected chi connectivity index (χ4v) is 11.3. The molecule has 11 atom stereocenters. The van der Waals surface area contributed by atoms with Crippen LogP contribution in [0, 0.1) is 46.8 Å². The normalized spacial score (nSPS) is 15.6. The van der Waals surface area contributed by atoms with Crippen molar-refractivity contribution < 1.29 is 82.1 Å². The Labute approximate surface area is 664 Å². The van der Waals surface area contributed by atoms with Gasteiger partial charge in [0.05, 0.1) is 17.7 Å². The van der Waals surface area contributed by atoms with Crippen LogP contribution >= 0.6 is 0 Å². The topological polar surface area (TPSA) is 468 Å². The number of hydrogen-bond acceptors (Lipinski definition) is 18. The first-order chi connectivity index (χ1) is 51.3. The zero-order chi connectivity index (χ0) is 87.4. The van der Waals surface area contributed by atoms with Crippen molar-refractivity contribution in [3.05, 3.63) is 45.1 Å². The maximum absolute atomic E-state index is 14.6. The molecule has 32 nitrogen and oxygen atoms in total. The van der Waals surface area contributed by atoms with Gasteiger partial charge in [0.2, 0.25) is 59.1 Å². The molecule has 0 unspecified atom stereocenters. The molecule has 16 N–H and O–H groups in total. The van der Waals surface area contributed by atoms with Gasteiger partial charge in [0.25, 0.3) is 23.6 Å². The molecule has 0 radical (unpaired) electrons. The van der Waals surface area contributed by atoms with Crippen molar-refractivity contribution in [3.63, 3.8) is 0 Å². The lowest BCUT2D eigenvalue weighted by Crippen LogP contribution is -2.66. The minimum atomic E-state index is -2.14. The highest BCUT2D eigenvalue weighted by atomic mass is 16.3. The van der Waals surface area contributed by atoms with Crippen LogP contribution < -0.4 is 74.4 Å². The van der Waals surface area contributed by atoms with Gasteiger partial charge in [0.15, 0.2) is 5.78 Å². The molecule has 0 aromatic heterocycles. The molecule has 0 aliphatic rings. The van der Waals surface area contributed by atoms with Crippen LogP contribution in [0.5, 0.6) is 0 Å². The minimum Gasteiger partial charge on any atom is -0.388 e. The van der Waals surface area contributed by atoms with Gasteiger partial charge in [-0.2, -0.15) is 0 Å². The van der Waals surface area contributed by atoms with E-state index in [4.69, 9.17) is 0 Å². The third-order valence-electron chi connectivity index (χ3n) is 19.4. The number of likely N-dealkylation sites (N-methyl/N-ethyl adjacent to an activating group) is 1. The fourth-order valence-electron chi connectivity index (χ4n) is 11.3. The average molecular weight is 1580 g/mol. The maximum Gasteiger partial charge on any atom is 0.268 e. The van der Waals surface area contributed by atoms with Crippen LogP contribution in [-0.2, 0) is 71.9 Å². The van der Waals surface area contributed by atoms with E-state index in [0.29, 0.717) is 29.7 Å². The van der Waals surface area contributed by atoms with Crippen molar-refractivity contribution in [1.29, 1.82) is 0 Å². The first kappa shape index (κ1) is 103. The Morgan fingerprint density at radius 3 is 1.14 bits per heavy atom. The number of aliphatic hydroxyl groups is 2. The number of nitrogens with one attached hydrogen (secondary N) is 14. The number of carbonyl (C=O) groups is 15. The molecule has 0 saturated carbocycles. The number of allylic oxidation sites excluding steroid dienone is 4. The fraction of sp³-hybridized carbons (Fsp3) is 0.713. The summed E-state index contributed by atoms with van der Waals surface area (Å²) >= 11 is 0. The summed E-state index contributed by atoms with van der Waals surface area (Å²) in [6.07, 6.45) is 1.47. The molecule has 0 rings (SSSR count). The van der Waals surface area contributed by atoms with Crippen molar-refractivity contribution in [2.75, 3.05) is 27.2 Å². The number of amides is 14. The van der Waals surface area contributed by atoms with Crippen LogP contribution in [0.25, 0.3) is 0 Å². The summed E-state index contributed by atoms with van der Waals surface area (Å²) < 4.78 is 0. The zero-order valence-electron chi connectivity index (χ0n) is 72.7. The van der Waals surface area contributed by atoms with Crippen LogP contribution in [-0.4, -0.2) is 196 Å². The van der Waals surface area contributed by atoms with E-state index in [9.17, 15) is 82.1 Å². The van der Waals surface area contributed by atoms with Crippen LogP contribution in [0.1, 0.15) is 233 Å². The van der Waals surface area contributed by atoms with Gasteiger partial charge in [-0.15, -0.1) is 0 Å². The van der Waals surface area contributed by atoms with Gasteiger partial charge >= 0.3 is 0 Å². The predicted molar refractivity (Wildman–Crippen MR) is 429 cm³/mol. The van der Waals surface area contributed by atoms with E-state index in [0.717, 1.165) is 0 Å². The lowest BCUT2D eigenvalue weighted by Gasteiger charge is -2.35. The summed E-state index contributed by atoms with van der Waals surface area (Å²) in [6, 6.07) is -12.2. The lowest BCUT2D eigenvalue weighted by molar-refractivity contribution is -0.143. The van der Waals surface area contributed by atoms with E-state index in [1.165, 1.54) is 62.3 Å². The number of Topliss-reactive ketones (excluding diaryl/α,β-unsaturated/α-hetero) is 1. The summed E-state index contributed by atoms with van der Waals surface area (Å²) in [6.45, 7) is 46.1. The van der Waals surface area contributed by atoms with Crippen molar-refractivity contribution in [1.82, 2.24) is 79.3 Å². The summed E-state index contributed by atoms with van der Waals surface area (Å²) in [4.78, 5) is 211. The molecule has 112 heavy (non-hydrogen) atoms. The van der Waals surface area contributed by atoms with Crippen LogP contribution in [0.3, 0.4) is 0 Å². The Kier molecular flexibility index (Phi) is 42.6. The number of ketones is 1. The third-order valence-corrected chi connectivity index (χ3v) is 19.4. The monoisotopic (exact) mass is 1580 g/mol. The van der Waals surface area contributed by atoms with Gasteiger partial charge < -0.3 is 89.5 Å². The van der Waals surface area contributed by atoms with Crippen LogP contribution in [0.2, 0.25) is 0 Å². The second kappa shape index (κ2) is 46.3. The van der Waals surface area contributed by atoms with Gasteiger partial charge in [0, 0.05) is 18.5 Å². The highest BCUT2D eigenvalue weighted by Crippen LogP contribution is 2.26. The van der Waals surface area contributed by atoms with E-state index >= 15 is 0 Å². The van der Waals surface area contributed by atoms with Crippen molar-refractivity contribution >= 4 is 88.5 Å².